The molecule has 3 nitrogen and oxygen atoms in total. The molecule has 3 fully saturated rings. The largest absolute Gasteiger partial charge is 0.339 e. The first kappa shape index (κ1) is 11.5. The molecule has 2 aliphatic carbocycles. The second kappa shape index (κ2) is 4.60. The summed E-state index contributed by atoms with van der Waals surface area (Å²) < 4.78 is 0. The predicted molar refractivity (Wildman–Crippen MR) is 67.4 cm³/mol. The minimum Gasteiger partial charge on any atom is -0.339 e. The molecule has 0 radical (unpaired) electrons. The third-order valence-corrected chi connectivity index (χ3v) is 5.12. The summed E-state index contributed by atoms with van der Waals surface area (Å²) in [6.45, 7) is 1.01. The van der Waals surface area contributed by atoms with Gasteiger partial charge in [0.25, 0.3) is 0 Å². The second-order valence-electron chi connectivity index (χ2n) is 6.20. The van der Waals surface area contributed by atoms with Crippen molar-refractivity contribution in [1.82, 2.24) is 4.90 Å². The summed E-state index contributed by atoms with van der Waals surface area (Å²) >= 11 is 0. The lowest BCUT2D eigenvalue weighted by molar-refractivity contribution is -0.137. The van der Waals surface area contributed by atoms with E-state index in [0.29, 0.717) is 11.9 Å². The van der Waals surface area contributed by atoms with Crippen molar-refractivity contribution in [1.29, 1.82) is 0 Å². The second-order valence-corrected chi connectivity index (χ2v) is 6.20. The van der Waals surface area contributed by atoms with Gasteiger partial charge in [0.1, 0.15) is 0 Å². The SMILES string of the molecule is NC1CCC(C(=O)N2CCC3CCCCC32)C1. The Bertz CT molecular complexity index is 305. The van der Waals surface area contributed by atoms with E-state index in [4.69, 9.17) is 5.73 Å². The van der Waals surface area contributed by atoms with Crippen molar-refractivity contribution in [2.45, 2.75) is 63.5 Å². The van der Waals surface area contributed by atoms with E-state index in [0.717, 1.165) is 31.7 Å². The first-order valence-corrected chi connectivity index (χ1v) is 7.32. The molecule has 3 aliphatic rings. The van der Waals surface area contributed by atoms with Crippen LogP contribution in [0.1, 0.15) is 51.4 Å². The Morgan fingerprint density at radius 3 is 2.65 bits per heavy atom. The molecule has 17 heavy (non-hydrogen) atoms. The first-order chi connectivity index (χ1) is 8.25. The lowest BCUT2D eigenvalue weighted by atomic mass is 9.85. The molecule has 1 heterocycles. The van der Waals surface area contributed by atoms with E-state index in [2.05, 4.69) is 4.90 Å². The van der Waals surface area contributed by atoms with Crippen LogP contribution in [0.5, 0.6) is 0 Å². The molecule has 3 heteroatoms. The van der Waals surface area contributed by atoms with Crippen LogP contribution in [0.15, 0.2) is 0 Å². The zero-order chi connectivity index (χ0) is 11.8. The number of nitrogens with two attached hydrogens (primary N) is 1. The third-order valence-electron chi connectivity index (χ3n) is 5.12. The molecule has 0 bridgehead atoms. The van der Waals surface area contributed by atoms with Gasteiger partial charge in [-0.1, -0.05) is 12.8 Å². The molecule has 0 spiro atoms. The van der Waals surface area contributed by atoms with Crippen LogP contribution >= 0.6 is 0 Å². The average molecular weight is 236 g/mol. The number of nitrogens with zero attached hydrogens (tertiary/aromatic N) is 1. The molecule has 1 aliphatic heterocycles. The fraction of sp³-hybridized carbons (Fsp3) is 0.929. The van der Waals surface area contributed by atoms with Crippen LogP contribution in [0, 0.1) is 11.8 Å². The molecule has 0 aromatic heterocycles. The molecule has 0 aromatic rings. The molecule has 1 amide bonds. The van der Waals surface area contributed by atoms with Gasteiger partial charge in [0.05, 0.1) is 0 Å². The van der Waals surface area contributed by atoms with Crippen LogP contribution in [0.2, 0.25) is 0 Å². The Hall–Kier alpha value is -0.570. The van der Waals surface area contributed by atoms with Crippen molar-refractivity contribution >= 4 is 5.91 Å². The molecule has 4 unspecified atom stereocenters. The molecule has 96 valence electrons. The summed E-state index contributed by atoms with van der Waals surface area (Å²) in [6.07, 6.45) is 9.51. The monoisotopic (exact) mass is 236 g/mol. The van der Waals surface area contributed by atoms with Gasteiger partial charge in [0.15, 0.2) is 0 Å². The number of hydrogen-bond acceptors (Lipinski definition) is 2. The molecule has 2 saturated carbocycles. The number of carbonyl (C=O) groups excluding carboxylic acids is 1. The topological polar surface area (TPSA) is 46.3 Å². The van der Waals surface area contributed by atoms with E-state index in [1.54, 1.807) is 0 Å². The smallest absolute Gasteiger partial charge is 0.225 e. The number of amides is 1. The average Bonchev–Trinajstić information content (AvgIpc) is 2.94. The molecule has 4 atom stereocenters. The highest BCUT2D eigenvalue weighted by Gasteiger charge is 2.41. The van der Waals surface area contributed by atoms with Crippen molar-refractivity contribution in [3.05, 3.63) is 0 Å². The maximum absolute atomic E-state index is 12.5. The Labute approximate surface area is 104 Å². The van der Waals surface area contributed by atoms with E-state index in [9.17, 15) is 4.79 Å². The van der Waals surface area contributed by atoms with Crippen LogP contribution in [0.25, 0.3) is 0 Å². The minimum atomic E-state index is 0.241. The Kier molecular flexibility index (Phi) is 3.12. The highest BCUT2D eigenvalue weighted by molar-refractivity contribution is 5.80. The van der Waals surface area contributed by atoms with E-state index in [1.807, 2.05) is 0 Å². The maximum atomic E-state index is 12.5. The minimum absolute atomic E-state index is 0.241. The molecule has 2 N–H and O–H groups in total. The van der Waals surface area contributed by atoms with Gasteiger partial charge < -0.3 is 10.6 Å². The fourth-order valence-corrected chi connectivity index (χ4v) is 4.15. The summed E-state index contributed by atoms with van der Waals surface area (Å²) in [5.74, 6) is 1.47. The molecule has 0 aromatic carbocycles. The van der Waals surface area contributed by atoms with Crippen LogP contribution < -0.4 is 5.73 Å². The highest BCUT2D eigenvalue weighted by Crippen LogP contribution is 2.38. The predicted octanol–water partition coefficient (Wildman–Crippen LogP) is 1.90. The summed E-state index contributed by atoms with van der Waals surface area (Å²) in [4.78, 5) is 14.7. The standard InChI is InChI=1S/C14H24N2O/c15-12-6-5-11(9-12)14(17)16-8-7-10-3-1-2-4-13(10)16/h10-13H,1-9,15H2. The first-order valence-electron chi connectivity index (χ1n) is 7.32. The van der Waals surface area contributed by atoms with Crippen molar-refractivity contribution in [3.8, 4) is 0 Å². The molecule has 3 rings (SSSR count). The maximum Gasteiger partial charge on any atom is 0.225 e. The number of carbonyl (C=O) groups is 1. The van der Waals surface area contributed by atoms with Crippen LogP contribution in [-0.4, -0.2) is 29.4 Å². The molecule has 1 saturated heterocycles. The number of hydrogen-bond donors (Lipinski definition) is 1. The van der Waals surface area contributed by atoms with Crippen LogP contribution in [-0.2, 0) is 4.79 Å². The van der Waals surface area contributed by atoms with E-state index in [1.165, 1.54) is 32.1 Å². The Morgan fingerprint density at radius 2 is 1.88 bits per heavy atom. The summed E-state index contributed by atoms with van der Waals surface area (Å²) in [7, 11) is 0. The summed E-state index contributed by atoms with van der Waals surface area (Å²) in [6, 6.07) is 0.849. The van der Waals surface area contributed by atoms with E-state index in [-0.39, 0.29) is 12.0 Å². The van der Waals surface area contributed by atoms with E-state index < -0.39 is 0 Å². The van der Waals surface area contributed by atoms with Crippen LogP contribution in [0.3, 0.4) is 0 Å². The zero-order valence-electron chi connectivity index (χ0n) is 10.6. The van der Waals surface area contributed by atoms with Gasteiger partial charge in [0.2, 0.25) is 5.91 Å². The van der Waals surface area contributed by atoms with Gasteiger partial charge in [0, 0.05) is 24.5 Å². The summed E-state index contributed by atoms with van der Waals surface area (Å²) in [5, 5.41) is 0. The summed E-state index contributed by atoms with van der Waals surface area (Å²) in [5.41, 5.74) is 5.92. The fourth-order valence-electron chi connectivity index (χ4n) is 4.15. The normalized spacial score (nSPS) is 41.6. The van der Waals surface area contributed by atoms with Gasteiger partial charge in [-0.05, 0) is 44.4 Å². The quantitative estimate of drug-likeness (QED) is 0.756. The Morgan fingerprint density at radius 1 is 1.06 bits per heavy atom. The van der Waals surface area contributed by atoms with Crippen molar-refractivity contribution in [3.63, 3.8) is 0 Å². The Balaban J connectivity index is 1.65. The highest BCUT2D eigenvalue weighted by atomic mass is 16.2. The zero-order valence-corrected chi connectivity index (χ0v) is 10.6. The third kappa shape index (κ3) is 2.10. The lowest BCUT2D eigenvalue weighted by Crippen LogP contribution is -2.42. The van der Waals surface area contributed by atoms with Gasteiger partial charge >= 0.3 is 0 Å². The van der Waals surface area contributed by atoms with Crippen LogP contribution in [0.4, 0.5) is 0 Å². The van der Waals surface area contributed by atoms with E-state index >= 15 is 0 Å². The van der Waals surface area contributed by atoms with Crippen molar-refractivity contribution in [2.24, 2.45) is 17.6 Å². The molecular weight excluding hydrogens is 212 g/mol. The van der Waals surface area contributed by atoms with Crippen molar-refractivity contribution < 1.29 is 4.79 Å². The number of rotatable bonds is 1. The number of likely N-dealkylation sites (tertiary alicyclic amines) is 1. The van der Waals surface area contributed by atoms with Gasteiger partial charge in [-0.2, -0.15) is 0 Å². The number of fused-ring (bicyclic) bond motifs is 1. The van der Waals surface area contributed by atoms with Gasteiger partial charge in [-0.15, -0.1) is 0 Å². The lowest BCUT2D eigenvalue weighted by Gasteiger charge is -2.33. The van der Waals surface area contributed by atoms with Gasteiger partial charge in [-0.25, -0.2) is 0 Å². The van der Waals surface area contributed by atoms with Crippen molar-refractivity contribution in [2.75, 3.05) is 6.54 Å². The van der Waals surface area contributed by atoms with Gasteiger partial charge in [-0.3, -0.25) is 4.79 Å². The molecular formula is C14H24N2O.